The van der Waals surface area contributed by atoms with Crippen LogP contribution in [0.15, 0.2) is 0 Å². The Morgan fingerprint density at radius 2 is 2.36 bits per heavy atom. The Morgan fingerprint density at radius 3 is 3.00 bits per heavy atom. The molecular weight excluding hydrogens is 151 g/mol. The van der Waals surface area contributed by atoms with Gasteiger partial charge in [0.1, 0.15) is 0 Å². The van der Waals surface area contributed by atoms with E-state index in [1.807, 2.05) is 0 Å². The monoisotopic (exact) mass is 157 g/mol. The van der Waals surface area contributed by atoms with E-state index < -0.39 is 6.08 Å². The van der Waals surface area contributed by atoms with Crippen LogP contribution in [0.3, 0.4) is 0 Å². The molecule has 0 saturated heterocycles. The lowest BCUT2D eigenvalue weighted by Gasteiger charge is -1.98. The molecule has 0 spiro atoms. The van der Waals surface area contributed by atoms with Crippen LogP contribution in [0.1, 0.15) is 0 Å². The second-order valence-electron chi connectivity index (χ2n) is 1.68. The van der Waals surface area contributed by atoms with Crippen molar-refractivity contribution >= 4 is 5.95 Å². The average Bonchev–Trinajstić information content (AvgIpc) is 2.01. The molecule has 0 amide bonds. The van der Waals surface area contributed by atoms with Crippen molar-refractivity contribution in [2.24, 2.45) is 0 Å². The lowest BCUT2D eigenvalue weighted by molar-refractivity contribution is 0.310. The molecule has 6 heteroatoms. The highest BCUT2D eigenvalue weighted by molar-refractivity contribution is 5.20. The SMILES string of the molecule is OCCNc1n[c]nc(F)n1. The minimum atomic E-state index is -0.888. The highest BCUT2D eigenvalue weighted by atomic mass is 19.1. The number of hydrogen-bond acceptors (Lipinski definition) is 5. The molecule has 59 valence electrons. The lowest BCUT2D eigenvalue weighted by atomic mass is 10.7. The molecule has 0 fully saturated rings. The van der Waals surface area contributed by atoms with Crippen molar-refractivity contribution < 1.29 is 9.50 Å². The van der Waals surface area contributed by atoms with Gasteiger partial charge in [-0.2, -0.15) is 19.3 Å². The molecule has 1 rings (SSSR count). The van der Waals surface area contributed by atoms with Crippen LogP contribution in [-0.2, 0) is 0 Å². The third kappa shape index (κ3) is 2.42. The number of anilines is 1. The molecule has 0 aliphatic heterocycles. The first kappa shape index (κ1) is 7.80. The molecule has 11 heavy (non-hydrogen) atoms. The van der Waals surface area contributed by atoms with Crippen molar-refractivity contribution in [1.82, 2.24) is 15.0 Å². The van der Waals surface area contributed by atoms with Crippen LogP contribution in [-0.4, -0.2) is 33.2 Å². The number of nitrogens with zero attached hydrogens (tertiary/aromatic N) is 3. The first-order valence-corrected chi connectivity index (χ1v) is 2.95. The van der Waals surface area contributed by atoms with Crippen LogP contribution in [0.4, 0.5) is 10.3 Å². The number of aromatic nitrogens is 3. The zero-order valence-electron chi connectivity index (χ0n) is 5.58. The number of aliphatic hydroxyl groups excluding tert-OH is 1. The molecule has 0 aromatic carbocycles. The van der Waals surface area contributed by atoms with Gasteiger partial charge in [0.05, 0.1) is 6.61 Å². The molecule has 0 aliphatic rings. The van der Waals surface area contributed by atoms with E-state index >= 15 is 0 Å². The summed E-state index contributed by atoms with van der Waals surface area (Å²) in [7, 11) is 0. The van der Waals surface area contributed by atoms with Crippen molar-refractivity contribution in [2.45, 2.75) is 0 Å². The molecule has 1 aromatic heterocycles. The summed E-state index contributed by atoms with van der Waals surface area (Å²) in [6, 6.07) is 0. The minimum Gasteiger partial charge on any atom is -0.395 e. The number of nitrogens with one attached hydrogen (secondary N) is 1. The Morgan fingerprint density at radius 1 is 1.55 bits per heavy atom. The van der Waals surface area contributed by atoms with Crippen LogP contribution in [0.2, 0.25) is 0 Å². The molecule has 0 aliphatic carbocycles. The third-order valence-corrected chi connectivity index (χ3v) is 0.891. The fraction of sp³-hybridized carbons (Fsp3) is 0.400. The Kier molecular flexibility index (Phi) is 2.67. The van der Waals surface area contributed by atoms with Gasteiger partial charge >= 0.3 is 6.08 Å². The molecule has 0 unspecified atom stereocenters. The van der Waals surface area contributed by atoms with E-state index in [4.69, 9.17) is 5.11 Å². The smallest absolute Gasteiger partial charge is 0.314 e. The number of aliphatic hydroxyl groups is 1. The number of halogens is 1. The number of hydrogen-bond donors (Lipinski definition) is 2. The molecule has 1 aromatic rings. The molecule has 0 bridgehead atoms. The molecule has 1 heterocycles. The van der Waals surface area contributed by atoms with Crippen LogP contribution in [0.25, 0.3) is 0 Å². The van der Waals surface area contributed by atoms with E-state index in [2.05, 4.69) is 26.6 Å². The van der Waals surface area contributed by atoms with Gasteiger partial charge in [-0.05, 0) is 0 Å². The Bertz CT molecular complexity index is 231. The van der Waals surface area contributed by atoms with E-state index in [1.54, 1.807) is 0 Å². The maximum absolute atomic E-state index is 12.2. The van der Waals surface area contributed by atoms with E-state index in [1.165, 1.54) is 0 Å². The van der Waals surface area contributed by atoms with E-state index in [0.29, 0.717) is 0 Å². The second kappa shape index (κ2) is 3.77. The summed E-state index contributed by atoms with van der Waals surface area (Å²) >= 11 is 0. The van der Waals surface area contributed by atoms with E-state index in [-0.39, 0.29) is 19.1 Å². The Labute approximate surface area is 62.3 Å². The predicted octanol–water partition coefficient (Wildman–Crippen LogP) is -0.785. The van der Waals surface area contributed by atoms with Crippen LogP contribution in [0.5, 0.6) is 0 Å². The third-order valence-electron chi connectivity index (χ3n) is 0.891. The summed E-state index contributed by atoms with van der Waals surface area (Å²) in [5.74, 6) is 0.0755. The van der Waals surface area contributed by atoms with Crippen LogP contribution in [0, 0.1) is 12.4 Å². The van der Waals surface area contributed by atoms with Gasteiger partial charge < -0.3 is 10.4 Å². The second-order valence-corrected chi connectivity index (χ2v) is 1.68. The van der Waals surface area contributed by atoms with Gasteiger partial charge in [-0.3, -0.25) is 0 Å². The Balaban J connectivity index is 2.56. The minimum absolute atomic E-state index is 0.0622. The summed E-state index contributed by atoms with van der Waals surface area (Å²) in [6.45, 7) is 0.213. The maximum Gasteiger partial charge on any atom is 0.314 e. The standard InChI is InChI=1S/C5H6FN4O/c6-4-8-3-9-5(10-4)7-1-2-11/h11H,1-2H2,(H,7,8,9,10). The largest absolute Gasteiger partial charge is 0.395 e. The zero-order valence-corrected chi connectivity index (χ0v) is 5.58. The predicted molar refractivity (Wildman–Crippen MR) is 34.2 cm³/mol. The van der Waals surface area contributed by atoms with Gasteiger partial charge in [0.25, 0.3) is 0 Å². The first-order chi connectivity index (χ1) is 5.33. The van der Waals surface area contributed by atoms with E-state index in [0.717, 1.165) is 0 Å². The van der Waals surface area contributed by atoms with Crippen LogP contribution < -0.4 is 5.32 Å². The van der Waals surface area contributed by atoms with Gasteiger partial charge in [-0.1, -0.05) is 0 Å². The summed E-state index contributed by atoms with van der Waals surface area (Å²) in [5.41, 5.74) is 0. The summed E-state index contributed by atoms with van der Waals surface area (Å²) in [4.78, 5) is 9.77. The van der Waals surface area contributed by atoms with E-state index in [9.17, 15) is 4.39 Å². The molecular formula is C5H6FN4O. The molecule has 0 saturated carbocycles. The fourth-order valence-electron chi connectivity index (χ4n) is 0.498. The van der Waals surface area contributed by atoms with Crippen LogP contribution >= 0.6 is 0 Å². The molecule has 5 nitrogen and oxygen atoms in total. The van der Waals surface area contributed by atoms with Gasteiger partial charge in [0, 0.05) is 6.54 Å². The van der Waals surface area contributed by atoms with Crippen molar-refractivity contribution in [2.75, 3.05) is 18.5 Å². The van der Waals surface area contributed by atoms with Crippen molar-refractivity contribution in [1.29, 1.82) is 0 Å². The summed E-state index contributed by atoms with van der Waals surface area (Å²) in [6.07, 6.45) is 1.17. The molecule has 2 N–H and O–H groups in total. The lowest BCUT2D eigenvalue weighted by Crippen LogP contribution is -2.09. The summed E-state index contributed by atoms with van der Waals surface area (Å²) in [5, 5.41) is 10.9. The van der Waals surface area contributed by atoms with Gasteiger partial charge in [-0.15, -0.1) is 0 Å². The average molecular weight is 157 g/mol. The number of rotatable bonds is 3. The fourth-order valence-corrected chi connectivity index (χ4v) is 0.498. The zero-order chi connectivity index (χ0) is 8.10. The normalized spacial score (nSPS) is 9.64. The van der Waals surface area contributed by atoms with Crippen molar-refractivity contribution in [3.05, 3.63) is 12.4 Å². The van der Waals surface area contributed by atoms with Gasteiger partial charge in [-0.25, -0.2) is 0 Å². The Hall–Kier alpha value is -1.30. The first-order valence-electron chi connectivity index (χ1n) is 2.95. The summed E-state index contributed by atoms with van der Waals surface area (Å²) < 4.78 is 12.2. The van der Waals surface area contributed by atoms with Gasteiger partial charge in [0.15, 0.2) is 0 Å². The van der Waals surface area contributed by atoms with Crippen molar-refractivity contribution in [3.63, 3.8) is 0 Å². The molecule has 1 radical (unpaired) electrons. The molecule has 0 atom stereocenters. The quantitative estimate of drug-likeness (QED) is 0.602. The highest BCUT2D eigenvalue weighted by Crippen LogP contribution is 1.93. The topological polar surface area (TPSA) is 70.9 Å². The van der Waals surface area contributed by atoms with Crippen molar-refractivity contribution in [3.8, 4) is 0 Å². The van der Waals surface area contributed by atoms with Gasteiger partial charge in [0.2, 0.25) is 12.3 Å². The maximum atomic E-state index is 12.2. The highest BCUT2D eigenvalue weighted by Gasteiger charge is 1.96.